The van der Waals surface area contributed by atoms with Gasteiger partial charge in [-0.05, 0) is 6.42 Å². The van der Waals surface area contributed by atoms with Crippen LogP contribution in [-0.4, -0.2) is 4.57 Å². The van der Waals surface area contributed by atoms with Crippen molar-refractivity contribution in [3.63, 3.8) is 0 Å². The highest BCUT2D eigenvalue weighted by Crippen LogP contribution is 1.94. The number of nitrogens with zero attached hydrogens (tertiary/aromatic N) is 1. The fourth-order valence-electron chi connectivity index (χ4n) is 1.12. The predicted molar refractivity (Wildman–Crippen MR) is 48.8 cm³/mol. The lowest BCUT2D eigenvalue weighted by molar-refractivity contribution is 0.410. The van der Waals surface area contributed by atoms with Gasteiger partial charge < -0.3 is 4.42 Å². The van der Waals surface area contributed by atoms with Gasteiger partial charge in [-0.25, -0.2) is 9.36 Å². The number of hydrogen-bond acceptors (Lipinski definition) is 3. The van der Waals surface area contributed by atoms with Crippen LogP contribution >= 0.6 is 0 Å². The van der Waals surface area contributed by atoms with Crippen molar-refractivity contribution in [2.24, 2.45) is 0 Å². The van der Waals surface area contributed by atoms with Gasteiger partial charge in [-0.1, -0.05) is 19.8 Å². The van der Waals surface area contributed by atoms with Crippen molar-refractivity contribution in [3.05, 3.63) is 33.2 Å². The molecule has 72 valence electrons. The van der Waals surface area contributed by atoms with E-state index in [4.69, 9.17) is 0 Å². The molecule has 1 aromatic rings. The minimum Gasteiger partial charge on any atom is -0.418 e. The molecule has 0 spiro atoms. The van der Waals surface area contributed by atoms with Crippen LogP contribution in [0.2, 0.25) is 0 Å². The molecule has 1 aromatic heterocycles. The molecule has 0 radical (unpaired) electrons. The van der Waals surface area contributed by atoms with Crippen LogP contribution in [0, 0.1) is 0 Å². The van der Waals surface area contributed by atoms with E-state index in [1.165, 1.54) is 6.07 Å². The Morgan fingerprint density at radius 1 is 1.38 bits per heavy atom. The molecule has 0 saturated carbocycles. The summed E-state index contributed by atoms with van der Waals surface area (Å²) < 4.78 is 5.70. The first-order chi connectivity index (χ1) is 6.25. The summed E-state index contributed by atoms with van der Waals surface area (Å²) >= 11 is 0. The second-order valence-electron chi connectivity index (χ2n) is 2.88. The van der Waals surface area contributed by atoms with Crippen LogP contribution in [0.25, 0.3) is 0 Å². The first kappa shape index (κ1) is 9.77. The zero-order valence-corrected chi connectivity index (χ0v) is 7.66. The summed E-state index contributed by atoms with van der Waals surface area (Å²) in [6, 6.07) is 1.26. The second kappa shape index (κ2) is 4.64. The molecule has 0 bridgehead atoms. The lowest BCUT2D eigenvalue weighted by Crippen LogP contribution is -2.31. The number of aromatic nitrogens is 1. The van der Waals surface area contributed by atoms with Gasteiger partial charge in [0.05, 0.1) is 0 Å². The summed E-state index contributed by atoms with van der Waals surface area (Å²) in [5.74, 6) is -0.566. The van der Waals surface area contributed by atoms with Crippen LogP contribution in [0.1, 0.15) is 26.2 Å². The van der Waals surface area contributed by atoms with E-state index in [0.29, 0.717) is 6.54 Å². The Labute approximate surface area is 75.8 Å². The van der Waals surface area contributed by atoms with Gasteiger partial charge in [0.2, 0.25) is 0 Å². The SMILES string of the molecule is CCCCCn1c(=O)ccoc1=O. The maximum atomic E-state index is 11.1. The van der Waals surface area contributed by atoms with Crippen molar-refractivity contribution < 1.29 is 4.42 Å². The summed E-state index contributed by atoms with van der Waals surface area (Å²) in [5, 5.41) is 0. The van der Waals surface area contributed by atoms with Gasteiger partial charge in [0, 0.05) is 12.6 Å². The van der Waals surface area contributed by atoms with Crippen LogP contribution < -0.4 is 11.3 Å². The highest BCUT2D eigenvalue weighted by molar-refractivity contribution is 4.78. The van der Waals surface area contributed by atoms with E-state index in [9.17, 15) is 9.59 Å². The third-order valence-electron chi connectivity index (χ3n) is 1.85. The van der Waals surface area contributed by atoms with Crippen LogP contribution in [0.5, 0.6) is 0 Å². The van der Waals surface area contributed by atoms with Crippen molar-refractivity contribution in [1.29, 1.82) is 0 Å². The fourth-order valence-corrected chi connectivity index (χ4v) is 1.12. The summed E-state index contributed by atoms with van der Waals surface area (Å²) in [6.07, 6.45) is 4.04. The molecule has 0 aliphatic rings. The zero-order valence-electron chi connectivity index (χ0n) is 7.66. The number of hydrogen-bond donors (Lipinski definition) is 0. The molecular formula is C9H13NO3. The molecule has 0 fully saturated rings. The molecular weight excluding hydrogens is 170 g/mol. The van der Waals surface area contributed by atoms with Crippen molar-refractivity contribution in [3.8, 4) is 0 Å². The van der Waals surface area contributed by atoms with Crippen LogP contribution in [-0.2, 0) is 6.54 Å². The molecule has 1 rings (SSSR count). The molecule has 1 heterocycles. The van der Waals surface area contributed by atoms with Gasteiger partial charge >= 0.3 is 5.76 Å². The molecule has 0 atom stereocenters. The van der Waals surface area contributed by atoms with E-state index in [-0.39, 0.29) is 5.56 Å². The molecule has 0 amide bonds. The van der Waals surface area contributed by atoms with E-state index >= 15 is 0 Å². The minimum atomic E-state index is -0.566. The Morgan fingerprint density at radius 2 is 2.15 bits per heavy atom. The summed E-state index contributed by atoms with van der Waals surface area (Å²) in [6.45, 7) is 2.52. The molecule has 0 aliphatic carbocycles. The van der Waals surface area contributed by atoms with Gasteiger partial charge in [-0.15, -0.1) is 0 Å². The van der Waals surface area contributed by atoms with Gasteiger partial charge in [0.1, 0.15) is 6.26 Å². The maximum absolute atomic E-state index is 11.1. The molecule has 0 aliphatic heterocycles. The van der Waals surface area contributed by atoms with Gasteiger partial charge in [0.15, 0.2) is 0 Å². The third kappa shape index (κ3) is 2.57. The smallest absolute Gasteiger partial charge is 0.418 e. The number of rotatable bonds is 4. The average Bonchev–Trinajstić information content (AvgIpc) is 2.10. The normalized spacial score (nSPS) is 10.2. The molecule has 0 aromatic carbocycles. The topological polar surface area (TPSA) is 52.2 Å². The quantitative estimate of drug-likeness (QED) is 0.654. The Balaban J connectivity index is 2.76. The molecule has 0 N–H and O–H groups in total. The fraction of sp³-hybridized carbons (Fsp3) is 0.556. The van der Waals surface area contributed by atoms with E-state index in [1.54, 1.807) is 0 Å². The maximum Gasteiger partial charge on any atom is 0.421 e. The average molecular weight is 183 g/mol. The van der Waals surface area contributed by atoms with Gasteiger partial charge in [0.25, 0.3) is 5.56 Å². The predicted octanol–water partition coefficient (Wildman–Crippen LogP) is 0.992. The Hall–Kier alpha value is -1.32. The van der Waals surface area contributed by atoms with Crippen molar-refractivity contribution in [2.45, 2.75) is 32.7 Å². The van der Waals surface area contributed by atoms with E-state index in [0.717, 1.165) is 30.1 Å². The first-order valence-electron chi connectivity index (χ1n) is 4.44. The largest absolute Gasteiger partial charge is 0.421 e. The van der Waals surface area contributed by atoms with Crippen molar-refractivity contribution >= 4 is 0 Å². The molecule has 0 saturated heterocycles. The monoisotopic (exact) mass is 183 g/mol. The molecule has 4 nitrogen and oxygen atoms in total. The van der Waals surface area contributed by atoms with Crippen molar-refractivity contribution in [2.75, 3.05) is 0 Å². The van der Waals surface area contributed by atoms with E-state index in [1.807, 2.05) is 0 Å². The van der Waals surface area contributed by atoms with Gasteiger partial charge in [-0.2, -0.15) is 0 Å². The Morgan fingerprint density at radius 3 is 2.77 bits per heavy atom. The summed E-state index contributed by atoms with van der Waals surface area (Å²) in [4.78, 5) is 22.2. The Kier molecular flexibility index (Phi) is 3.49. The van der Waals surface area contributed by atoms with Crippen LogP contribution in [0.3, 0.4) is 0 Å². The highest BCUT2D eigenvalue weighted by atomic mass is 16.4. The van der Waals surface area contributed by atoms with Crippen LogP contribution in [0.15, 0.2) is 26.3 Å². The summed E-state index contributed by atoms with van der Waals surface area (Å²) in [5.41, 5.74) is -0.285. The molecule has 0 unspecified atom stereocenters. The first-order valence-corrected chi connectivity index (χ1v) is 4.44. The highest BCUT2D eigenvalue weighted by Gasteiger charge is 1.99. The standard InChI is InChI=1S/C9H13NO3/c1-2-3-4-6-10-8(11)5-7-13-9(10)12/h5,7H,2-4,6H2,1H3. The second-order valence-corrected chi connectivity index (χ2v) is 2.88. The van der Waals surface area contributed by atoms with Crippen LogP contribution in [0.4, 0.5) is 0 Å². The summed E-state index contributed by atoms with van der Waals surface area (Å²) in [7, 11) is 0. The number of unbranched alkanes of at least 4 members (excludes halogenated alkanes) is 2. The third-order valence-corrected chi connectivity index (χ3v) is 1.85. The van der Waals surface area contributed by atoms with E-state index < -0.39 is 5.76 Å². The lowest BCUT2D eigenvalue weighted by atomic mass is 10.2. The molecule has 13 heavy (non-hydrogen) atoms. The molecule has 4 heteroatoms. The zero-order chi connectivity index (χ0) is 9.68. The van der Waals surface area contributed by atoms with Gasteiger partial charge in [-0.3, -0.25) is 4.79 Å². The van der Waals surface area contributed by atoms with Crippen molar-refractivity contribution in [1.82, 2.24) is 4.57 Å². The lowest BCUT2D eigenvalue weighted by Gasteiger charge is -2.00. The van der Waals surface area contributed by atoms with E-state index in [2.05, 4.69) is 11.3 Å². The Bertz CT molecular complexity index is 335. The minimum absolute atomic E-state index is 0.285.